The maximum Gasteiger partial charge on any atom is 0.159 e. The lowest BCUT2D eigenvalue weighted by atomic mass is 9.66. The molecule has 15 heavy (non-hydrogen) atoms. The number of allylic oxidation sites excluding steroid dienone is 3. The van der Waals surface area contributed by atoms with E-state index in [0.29, 0.717) is 18.3 Å². The van der Waals surface area contributed by atoms with Gasteiger partial charge in [0.15, 0.2) is 5.78 Å². The highest BCUT2D eigenvalue weighted by atomic mass is 16.3. The lowest BCUT2D eigenvalue weighted by Gasteiger charge is -2.41. The number of ketones is 1. The van der Waals surface area contributed by atoms with E-state index < -0.39 is 5.60 Å². The van der Waals surface area contributed by atoms with Crippen LogP contribution in [0.15, 0.2) is 24.3 Å². The molecule has 0 amide bonds. The number of rotatable bonds is 1. The fourth-order valence-electron chi connectivity index (χ4n) is 3.69. The molecule has 2 bridgehead atoms. The fraction of sp³-hybridized carbons (Fsp3) is 0.615. The first-order valence-corrected chi connectivity index (χ1v) is 5.79. The van der Waals surface area contributed by atoms with Crippen molar-refractivity contribution in [3.63, 3.8) is 0 Å². The summed E-state index contributed by atoms with van der Waals surface area (Å²) in [5.74, 6) is 1.20. The second-order valence-corrected chi connectivity index (χ2v) is 5.08. The minimum atomic E-state index is -0.747. The largest absolute Gasteiger partial charge is 0.385 e. The van der Waals surface area contributed by atoms with Gasteiger partial charge in [-0.25, -0.2) is 0 Å². The molecule has 80 valence electrons. The quantitative estimate of drug-likeness (QED) is 0.660. The Morgan fingerprint density at radius 2 is 2.20 bits per heavy atom. The van der Waals surface area contributed by atoms with Crippen LogP contribution in [0.3, 0.4) is 0 Å². The fourth-order valence-corrected chi connectivity index (χ4v) is 3.69. The Morgan fingerprint density at radius 3 is 2.93 bits per heavy atom. The topological polar surface area (TPSA) is 37.3 Å². The van der Waals surface area contributed by atoms with E-state index in [1.165, 1.54) is 0 Å². The second-order valence-electron chi connectivity index (χ2n) is 5.08. The lowest BCUT2D eigenvalue weighted by molar-refractivity contribution is -0.126. The van der Waals surface area contributed by atoms with Gasteiger partial charge >= 0.3 is 0 Å². The van der Waals surface area contributed by atoms with Crippen LogP contribution in [-0.2, 0) is 4.79 Å². The van der Waals surface area contributed by atoms with Crippen molar-refractivity contribution in [2.75, 3.05) is 0 Å². The SMILES string of the molecule is CC[C@@]1(O)C=CC(=O)C2C3C=CC(C3)C21. The first-order valence-electron chi connectivity index (χ1n) is 5.79. The summed E-state index contributed by atoms with van der Waals surface area (Å²) in [6.07, 6.45) is 9.45. The number of carbonyl (C=O) groups excluding carboxylic acids is 1. The van der Waals surface area contributed by atoms with Gasteiger partial charge in [-0.2, -0.15) is 0 Å². The lowest BCUT2D eigenvalue weighted by Crippen LogP contribution is -2.47. The van der Waals surface area contributed by atoms with Gasteiger partial charge in [-0.05, 0) is 36.8 Å². The number of aliphatic hydroxyl groups is 1. The molecular formula is C13H16O2. The molecule has 0 saturated heterocycles. The third kappa shape index (κ3) is 1.06. The molecule has 3 aliphatic rings. The number of hydrogen-bond donors (Lipinski definition) is 1. The van der Waals surface area contributed by atoms with E-state index >= 15 is 0 Å². The van der Waals surface area contributed by atoms with E-state index in [-0.39, 0.29) is 17.6 Å². The molecule has 1 saturated carbocycles. The maximum absolute atomic E-state index is 11.8. The molecule has 4 unspecified atom stereocenters. The Bertz CT molecular complexity index is 369. The summed E-state index contributed by atoms with van der Waals surface area (Å²) >= 11 is 0. The highest BCUT2D eigenvalue weighted by Crippen LogP contribution is 2.55. The summed E-state index contributed by atoms with van der Waals surface area (Å²) in [4.78, 5) is 11.8. The molecular weight excluding hydrogens is 188 g/mol. The van der Waals surface area contributed by atoms with Crippen molar-refractivity contribution < 1.29 is 9.90 Å². The molecule has 0 spiro atoms. The van der Waals surface area contributed by atoms with E-state index in [0.717, 1.165) is 6.42 Å². The van der Waals surface area contributed by atoms with Crippen LogP contribution in [0.25, 0.3) is 0 Å². The van der Waals surface area contributed by atoms with Crippen molar-refractivity contribution in [1.29, 1.82) is 0 Å². The van der Waals surface area contributed by atoms with Gasteiger partial charge in [0.05, 0.1) is 5.60 Å². The summed E-state index contributed by atoms with van der Waals surface area (Å²) < 4.78 is 0. The molecule has 0 aromatic rings. The highest BCUT2D eigenvalue weighted by Gasteiger charge is 2.56. The average molecular weight is 204 g/mol. The summed E-state index contributed by atoms with van der Waals surface area (Å²) in [6.45, 7) is 1.99. The zero-order valence-corrected chi connectivity index (χ0v) is 8.89. The predicted octanol–water partition coefficient (Wildman–Crippen LogP) is 1.70. The average Bonchev–Trinajstić information content (AvgIpc) is 2.84. The van der Waals surface area contributed by atoms with E-state index in [1.54, 1.807) is 12.2 Å². The molecule has 1 fully saturated rings. The second kappa shape index (κ2) is 2.82. The molecule has 0 radical (unpaired) electrons. The molecule has 2 heteroatoms. The van der Waals surface area contributed by atoms with Crippen molar-refractivity contribution in [1.82, 2.24) is 0 Å². The number of carbonyl (C=O) groups is 1. The van der Waals surface area contributed by atoms with Gasteiger partial charge in [0, 0.05) is 11.8 Å². The van der Waals surface area contributed by atoms with E-state index in [1.807, 2.05) is 6.92 Å². The summed E-state index contributed by atoms with van der Waals surface area (Å²) in [7, 11) is 0. The minimum absolute atomic E-state index is 0.0509. The van der Waals surface area contributed by atoms with Gasteiger partial charge in [0.25, 0.3) is 0 Å². The van der Waals surface area contributed by atoms with Crippen molar-refractivity contribution >= 4 is 5.78 Å². The van der Waals surface area contributed by atoms with Crippen molar-refractivity contribution in [3.8, 4) is 0 Å². The highest BCUT2D eigenvalue weighted by molar-refractivity contribution is 5.94. The van der Waals surface area contributed by atoms with Gasteiger partial charge in [0.1, 0.15) is 0 Å². The Kier molecular flexibility index (Phi) is 1.76. The van der Waals surface area contributed by atoms with Crippen LogP contribution in [-0.4, -0.2) is 16.5 Å². The van der Waals surface area contributed by atoms with Crippen LogP contribution in [0.5, 0.6) is 0 Å². The Labute approximate surface area is 89.7 Å². The van der Waals surface area contributed by atoms with Gasteiger partial charge < -0.3 is 5.11 Å². The van der Waals surface area contributed by atoms with Crippen LogP contribution >= 0.6 is 0 Å². The molecule has 5 atom stereocenters. The van der Waals surface area contributed by atoms with Crippen LogP contribution in [0, 0.1) is 23.7 Å². The van der Waals surface area contributed by atoms with Gasteiger partial charge in [-0.15, -0.1) is 0 Å². The molecule has 2 nitrogen and oxygen atoms in total. The third-order valence-corrected chi connectivity index (χ3v) is 4.47. The van der Waals surface area contributed by atoms with Crippen molar-refractivity contribution in [3.05, 3.63) is 24.3 Å². The number of fused-ring (bicyclic) bond motifs is 5. The first kappa shape index (κ1) is 9.34. The zero-order valence-electron chi connectivity index (χ0n) is 8.89. The van der Waals surface area contributed by atoms with Crippen LogP contribution in [0.1, 0.15) is 19.8 Å². The van der Waals surface area contributed by atoms with Gasteiger partial charge in [-0.3, -0.25) is 4.79 Å². The minimum Gasteiger partial charge on any atom is -0.385 e. The predicted molar refractivity (Wildman–Crippen MR) is 57.1 cm³/mol. The van der Waals surface area contributed by atoms with Crippen LogP contribution in [0.2, 0.25) is 0 Å². The van der Waals surface area contributed by atoms with Gasteiger partial charge in [-0.1, -0.05) is 19.1 Å². The molecule has 0 heterocycles. The monoisotopic (exact) mass is 204 g/mol. The summed E-state index contributed by atoms with van der Waals surface area (Å²) in [5.41, 5.74) is -0.747. The van der Waals surface area contributed by atoms with E-state index in [9.17, 15) is 9.90 Å². The summed E-state index contributed by atoms with van der Waals surface area (Å²) in [5, 5.41) is 10.5. The van der Waals surface area contributed by atoms with Crippen LogP contribution in [0.4, 0.5) is 0 Å². The summed E-state index contributed by atoms with van der Waals surface area (Å²) in [6, 6.07) is 0. The Morgan fingerprint density at radius 1 is 1.47 bits per heavy atom. The molecule has 0 aromatic carbocycles. The Balaban J connectivity index is 2.07. The van der Waals surface area contributed by atoms with Crippen molar-refractivity contribution in [2.45, 2.75) is 25.4 Å². The standard InChI is InChI=1S/C13H16O2/c1-2-13(15)6-5-10(14)11-8-3-4-9(7-8)12(11)13/h3-6,8-9,11-12,15H,2,7H2,1H3/t8?,9?,11?,12?,13-/m1/s1. The maximum atomic E-state index is 11.8. The molecule has 1 N–H and O–H groups in total. The first-order chi connectivity index (χ1) is 7.15. The molecule has 0 aliphatic heterocycles. The Hall–Kier alpha value is -0.890. The smallest absolute Gasteiger partial charge is 0.159 e. The van der Waals surface area contributed by atoms with E-state index in [4.69, 9.17) is 0 Å². The third-order valence-electron chi connectivity index (χ3n) is 4.47. The number of hydrogen-bond acceptors (Lipinski definition) is 2. The van der Waals surface area contributed by atoms with Crippen LogP contribution < -0.4 is 0 Å². The zero-order chi connectivity index (χ0) is 10.6. The molecule has 3 aliphatic carbocycles. The normalized spacial score (nSPS) is 51.2. The van der Waals surface area contributed by atoms with Gasteiger partial charge in [0.2, 0.25) is 0 Å². The van der Waals surface area contributed by atoms with Crippen molar-refractivity contribution in [2.24, 2.45) is 23.7 Å². The molecule has 0 aromatic heterocycles. The van der Waals surface area contributed by atoms with E-state index in [2.05, 4.69) is 12.2 Å². The molecule has 3 rings (SSSR count).